The number of hydrogen-bond donors (Lipinski definition) is 2. The first-order chi connectivity index (χ1) is 10.0. The highest BCUT2D eigenvalue weighted by molar-refractivity contribution is 9.11. The number of amides is 1. The van der Waals surface area contributed by atoms with Gasteiger partial charge in [-0.25, -0.2) is 0 Å². The molecule has 1 heterocycles. The van der Waals surface area contributed by atoms with E-state index in [4.69, 9.17) is 17.3 Å². The van der Waals surface area contributed by atoms with Crippen molar-refractivity contribution >= 4 is 50.5 Å². The third kappa shape index (κ3) is 3.10. The number of anilines is 1. The Kier molecular flexibility index (Phi) is 4.24. The topological polar surface area (TPSA) is 55.1 Å². The normalized spacial score (nSPS) is 17.3. The molecular formula is C15H14BrClN2OS. The minimum absolute atomic E-state index is 0.219. The number of carbonyl (C=O) groups excluding carboxylic acids is 1. The highest BCUT2D eigenvalue weighted by Gasteiger charge is 2.23. The van der Waals surface area contributed by atoms with Crippen LogP contribution in [0, 0.1) is 0 Å². The lowest BCUT2D eigenvalue weighted by molar-refractivity contribution is 0.100. The van der Waals surface area contributed by atoms with Gasteiger partial charge in [0.15, 0.2) is 0 Å². The molecule has 21 heavy (non-hydrogen) atoms. The van der Waals surface area contributed by atoms with Crippen LogP contribution in [0.4, 0.5) is 5.69 Å². The third-order valence-corrected chi connectivity index (χ3v) is 5.71. The Labute approximate surface area is 140 Å². The zero-order valence-electron chi connectivity index (χ0n) is 11.2. The third-order valence-electron chi connectivity index (χ3n) is 3.66. The minimum atomic E-state index is -0.447. The van der Waals surface area contributed by atoms with Gasteiger partial charge < -0.3 is 11.1 Å². The quantitative estimate of drug-likeness (QED) is 0.801. The van der Waals surface area contributed by atoms with Crippen LogP contribution in [0.15, 0.2) is 28.1 Å². The van der Waals surface area contributed by atoms with Crippen molar-refractivity contribution in [1.29, 1.82) is 0 Å². The minimum Gasteiger partial charge on any atom is -0.377 e. The van der Waals surface area contributed by atoms with Gasteiger partial charge in [0.05, 0.1) is 20.5 Å². The molecular weight excluding hydrogens is 372 g/mol. The monoisotopic (exact) mass is 384 g/mol. The van der Waals surface area contributed by atoms with E-state index in [0.29, 0.717) is 10.6 Å². The number of benzene rings is 1. The van der Waals surface area contributed by atoms with Gasteiger partial charge in [-0.3, -0.25) is 4.79 Å². The Morgan fingerprint density at radius 1 is 1.43 bits per heavy atom. The van der Waals surface area contributed by atoms with Gasteiger partial charge in [-0.15, -0.1) is 11.3 Å². The van der Waals surface area contributed by atoms with Crippen LogP contribution in [0.1, 0.15) is 39.7 Å². The molecule has 6 heteroatoms. The molecule has 0 aliphatic heterocycles. The number of nitrogens with one attached hydrogen (secondary N) is 1. The van der Waals surface area contributed by atoms with Crippen LogP contribution in [0.3, 0.4) is 0 Å². The first-order valence-electron chi connectivity index (χ1n) is 6.68. The lowest BCUT2D eigenvalue weighted by Crippen LogP contribution is -2.17. The standard InChI is InChI=1S/C15H14BrClN2OS/c16-14-7-9-11(2-1-3-13(9)21-14)19-12-6-8(15(18)20)4-5-10(12)17/h4-7,11,19H,1-3H2,(H2,18,20). The zero-order valence-corrected chi connectivity index (χ0v) is 14.3. The smallest absolute Gasteiger partial charge is 0.248 e. The molecule has 1 unspecified atom stereocenters. The predicted octanol–water partition coefficient (Wildman–Crippen LogP) is 4.75. The first kappa shape index (κ1) is 14.9. The second-order valence-corrected chi connectivity index (χ2v) is 8.00. The maximum Gasteiger partial charge on any atom is 0.248 e. The van der Waals surface area contributed by atoms with E-state index in [2.05, 4.69) is 27.3 Å². The largest absolute Gasteiger partial charge is 0.377 e. The van der Waals surface area contributed by atoms with E-state index in [1.165, 1.54) is 10.4 Å². The van der Waals surface area contributed by atoms with Gasteiger partial charge >= 0.3 is 0 Å². The van der Waals surface area contributed by atoms with Crippen LogP contribution in [-0.4, -0.2) is 5.91 Å². The average Bonchev–Trinajstić information content (AvgIpc) is 2.82. The summed E-state index contributed by atoms with van der Waals surface area (Å²) in [5.74, 6) is -0.447. The molecule has 1 aliphatic carbocycles. The fourth-order valence-corrected chi connectivity index (χ4v) is 4.64. The zero-order chi connectivity index (χ0) is 15.0. The van der Waals surface area contributed by atoms with Gasteiger partial charge in [-0.05, 0) is 65.0 Å². The first-order valence-corrected chi connectivity index (χ1v) is 8.67. The van der Waals surface area contributed by atoms with E-state index in [-0.39, 0.29) is 6.04 Å². The summed E-state index contributed by atoms with van der Waals surface area (Å²) in [5.41, 5.74) is 7.87. The molecule has 110 valence electrons. The lowest BCUT2D eigenvalue weighted by Gasteiger charge is -2.25. The average molecular weight is 386 g/mol. The van der Waals surface area contributed by atoms with Crippen molar-refractivity contribution in [3.05, 3.63) is 49.1 Å². The Morgan fingerprint density at radius 3 is 3.00 bits per heavy atom. The van der Waals surface area contributed by atoms with Gasteiger partial charge in [-0.1, -0.05) is 11.6 Å². The molecule has 1 aromatic heterocycles. The van der Waals surface area contributed by atoms with Gasteiger partial charge in [0, 0.05) is 10.4 Å². The number of primary amides is 1. The van der Waals surface area contributed by atoms with E-state index in [1.54, 1.807) is 29.5 Å². The molecule has 0 bridgehead atoms. The van der Waals surface area contributed by atoms with Crippen LogP contribution < -0.4 is 11.1 Å². The summed E-state index contributed by atoms with van der Waals surface area (Å²) in [7, 11) is 0. The van der Waals surface area contributed by atoms with Crippen molar-refractivity contribution in [3.8, 4) is 0 Å². The summed E-state index contributed by atoms with van der Waals surface area (Å²) in [5, 5.41) is 4.06. The van der Waals surface area contributed by atoms with Gasteiger partial charge in [0.1, 0.15) is 0 Å². The second-order valence-electron chi connectivity index (χ2n) is 5.08. The van der Waals surface area contributed by atoms with Crippen molar-refractivity contribution in [2.45, 2.75) is 25.3 Å². The van der Waals surface area contributed by atoms with Gasteiger partial charge in [0.25, 0.3) is 0 Å². The predicted molar refractivity (Wildman–Crippen MR) is 91.3 cm³/mol. The number of fused-ring (bicyclic) bond motifs is 1. The SMILES string of the molecule is NC(=O)c1ccc(Cl)c(NC2CCCc3sc(Br)cc32)c1. The Balaban J connectivity index is 1.91. The Bertz CT molecular complexity index is 701. The van der Waals surface area contributed by atoms with Crippen molar-refractivity contribution < 1.29 is 4.79 Å². The molecule has 1 atom stereocenters. The summed E-state index contributed by atoms with van der Waals surface area (Å²) < 4.78 is 1.15. The molecule has 2 aromatic rings. The van der Waals surface area contributed by atoms with E-state index in [9.17, 15) is 4.79 Å². The van der Waals surface area contributed by atoms with Crippen molar-refractivity contribution in [3.63, 3.8) is 0 Å². The number of halogens is 2. The Morgan fingerprint density at radius 2 is 2.24 bits per heavy atom. The molecule has 0 saturated carbocycles. The van der Waals surface area contributed by atoms with Crippen LogP contribution in [0.25, 0.3) is 0 Å². The fourth-order valence-electron chi connectivity index (χ4n) is 2.65. The number of aryl methyl sites for hydroxylation is 1. The highest BCUT2D eigenvalue weighted by Crippen LogP contribution is 2.40. The van der Waals surface area contributed by atoms with Gasteiger partial charge in [0.2, 0.25) is 5.91 Å². The summed E-state index contributed by atoms with van der Waals surface area (Å²) >= 11 is 11.6. The molecule has 3 N–H and O–H groups in total. The van der Waals surface area contributed by atoms with Crippen molar-refractivity contribution in [1.82, 2.24) is 0 Å². The fraction of sp³-hybridized carbons (Fsp3) is 0.267. The number of rotatable bonds is 3. The number of thiophene rings is 1. The maximum atomic E-state index is 11.3. The van der Waals surface area contributed by atoms with E-state index in [1.807, 2.05) is 0 Å². The summed E-state index contributed by atoms with van der Waals surface area (Å²) in [4.78, 5) is 12.7. The van der Waals surface area contributed by atoms with Crippen LogP contribution in [-0.2, 0) is 6.42 Å². The second kappa shape index (κ2) is 5.99. The number of nitrogens with two attached hydrogens (primary N) is 1. The molecule has 1 aromatic carbocycles. The van der Waals surface area contributed by atoms with E-state index in [0.717, 1.165) is 28.7 Å². The molecule has 0 spiro atoms. The summed E-state index contributed by atoms with van der Waals surface area (Å²) in [6.45, 7) is 0. The Hall–Kier alpha value is -1.04. The number of carbonyl (C=O) groups is 1. The molecule has 3 nitrogen and oxygen atoms in total. The van der Waals surface area contributed by atoms with Crippen LogP contribution >= 0.6 is 38.9 Å². The maximum absolute atomic E-state index is 11.3. The number of hydrogen-bond acceptors (Lipinski definition) is 3. The summed E-state index contributed by atoms with van der Waals surface area (Å²) in [6.07, 6.45) is 3.32. The van der Waals surface area contributed by atoms with E-state index >= 15 is 0 Å². The van der Waals surface area contributed by atoms with Gasteiger partial charge in [-0.2, -0.15) is 0 Å². The van der Waals surface area contributed by atoms with Crippen molar-refractivity contribution in [2.75, 3.05) is 5.32 Å². The molecule has 0 saturated heterocycles. The highest BCUT2D eigenvalue weighted by atomic mass is 79.9. The molecule has 0 fully saturated rings. The molecule has 3 rings (SSSR count). The molecule has 1 aliphatic rings. The summed E-state index contributed by atoms with van der Waals surface area (Å²) in [6, 6.07) is 7.46. The molecule has 0 radical (unpaired) electrons. The van der Waals surface area contributed by atoms with Crippen LogP contribution in [0.2, 0.25) is 5.02 Å². The molecule has 1 amide bonds. The van der Waals surface area contributed by atoms with E-state index < -0.39 is 5.91 Å². The lowest BCUT2D eigenvalue weighted by atomic mass is 9.94. The van der Waals surface area contributed by atoms with Crippen molar-refractivity contribution in [2.24, 2.45) is 5.73 Å². The van der Waals surface area contributed by atoms with Crippen LogP contribution in [0.5, 0.6) is 0 Å².